The van der Waals surface area contributed by atoms with E-state index in [0.717, 1.165) is 27.5 Å². The molecule has 19 heavy (non-hydrogen) atoms. The first-order valence-corrected chi connectivity index (χ1v) is 6.79. The van der Waals surface area contributed by atoms with Crippen LogP contribution >= 0.6 is 11.3 Å². The van der Waals surface area contributed by atoms with Crippen LogP contribution in [-0.2, 0) is 0 Å². The predicted octanol–water partition coefficient (Wildman–Crippen LogP) is 3.89. The van der Waals surface area contributed by atoms with Gasteiger partial charge >= 0.3 is 0 Å². The maximum atomic E-state index is 9.30. The van der Waals surface area contributed by atoms with Crippen LogP contribution in [0.5, 0.6) is 5.75 Å². The molecule has 1 aromatic carbocycles. The van der Waals surface area contributed by atoms with Gasteiger partial charge in [-0.05, 0) is 42.8 Å². The summed E-state index contributed by atoms with van der Waals surface area (Å²) in [5.41, 5.74) is 3.95. The van der Waals surface area contributed by atoms with Crippen LogP contribution in [-0.4, -0.2) is 15.1 Å². The highest BCUT2D eigenvalue weighted by molar-refractivity contribution is 7.13. The molecule has 0 amide bonds. The van der Waals surface area contributed by atoms with Crippen molar-refractivity contribution in [3.05, 3.63) is 53.5 Å². The van der Waals surface area contributed by atoms with Crippen molar-refractivity contribution in [2.24, 2.45) is 0 Å². The lowest BCUT2D eigenvalue weighted by atomic mass is 10.2. The Bertz CT molecular complexity index is 704. The summed E-state index contributed by atoms with van der Waals surface area (Å²) in [6, 6.07) is 11.0. The number of phenolic OH excluding ortho intramolecular Hbond substituents is 1. The van der Waals surface area contributed by atoms with Gasteiger partial charge in [-0.15, -0.1) is 11.3 Å². The van der Waals surface area contributed by atoms with Gasteiger partial charge in [-0.3, -0.25) is 4.98 Å². The topological polar surface area (TPSA) is 46.0 Å². The molecule has 0 fully saturated rings. The zero-order chi connectivity index (χ0) is 13.2. The number of nitrogens with zero attached hydrogens (tertiary/aromatic N) is 2. The summed E-state index contributed by atoms with van der Waals surface area (Å²) in [5.74, 6) is 0.264. The van der Waals surface area contributed by atoms with Gasteiger partial charge in [0.2, 0.25) is 0 Å². The van der Waals surface area contributed by atoms with Gasteiger partial charge < -0.3 is 5.11 Å². The van der Waals surface area contributed by atoms with E-state index in [1.54, 1.807) is 29.7 Å². The molecule has 94 valence electrons. The fraction of sp³-hybridized carbons (Fsp3) is 0.0667. The smallest absolute Gasteiger partial charge is 0.142 e. The Morgan fingerprint density at radius 1 is 1.11 bits per heavy atom. The molecular formula is C15H12N2OS. The molecule has 0 atom stereocenters. The van der Waals surface area contributed by atoms with Gasteiger partial charge in [0.15, 0.2) is 0 Å². The van der Waals surface area contributed by atoms with Crippen LogP contribution in [0, 0.1) is 6.92 Å². The molecule has 3 nitrogen and oxygen atoms in total. The fourth-order valence-electron chi connectivity index (χ4n) is 1.86. The Kier molecular flexibility index (Phi) is 3.01. The number of hydrogen-bond acceptors (Lipinski definition) is 4. The summed E-state index contributed by atoms with van der Waals surface area (Å²) >= 11 is 1.58. The van der Waals surface area contributed by atoms with Crippen LogP contribution in [0.1, 0.15) is 5.56 Å². The van der Waals surface area contributed by atoms with E-state index in [1.165, 1.54) is 0 Å². The summed E-state index contributed by atoms with van der Waals surface area (Å²) < 4.78 is 0. The minimum atomic E-state index is 0.264. The first-order chi connectivity index (χ1) is 9.24. The van der Waals surface area contributed by atoms with E-state index < -0.39 is 0 Å². The predicted molar refractivity (Wildman–Crippen MR) is 77.2 cm³/mol. The Balaban J connectivity index is 2.00. The lowest BCUT2D eigenvalue weighted by molar-refractivity contribution is 0.475. The van der Waals surface area contributed by atoms with E-state index in [-0.39, 0.29) is 5.75 Å². The second-order valence-corrected chi connectivity index (χ2v) is 5.11. The number of aromatic nitrogens is 2. The molecule has 0 saturated heterocycles. The van der Waals surface area contributed by atoms with Crippen LogP contribution < -0.4 is 0 Å². The minimum absolute atomic E-state index is 0.264. The molecule has 2 heterocycles. The molecule has 0 saturated carbocycles. The van der Waals surface area contributed by atoms with Crippen molar-refractivity contribution in [3.8, 4) is 27.7 Å². The fourth-order valence-corrected chi connectivity index (χ4v) is 2.75. The number of aryl methyl sites for hydroxylation is 1. The van der Waals surface area contributed by atoms with Crippen molar-refractivity contribution < 1.29 is 5.11 Å². The highest BCUT2D eigenvalue weighted by atomic mass is 32.1. The summed E-state index contributed by atoms with van der Waals surface area (Å²) in [6.45, 7) is 2.03. The van der Waals surface area contributed by atoms with Crippen molar-refractivity contribution in [1.29, 1.82) is 0 Å². The molecule has 4 heteroatoms. The Labute approximate surface area is 115 Å². The van der Waals surface area contributed by atoms with Gasteiger partial charge in [-0.1, -0.05) is 6.07 Å². The van der Waals surface area contributed by atoms with Crippen molar-refractivity contribution in [1.82, 2.24) is 9.97 Å². The molecule has 0 aliphatic heterocycles. The number of hydrogen-bond donors (Lipinski definition) is 1. The van der Waals surface area contributed by atoms with Gasteiger partial charge in [-0.25, -0.2) is 4.98 Å². The van der Waals surface area contributed by atoms with Gasteiger partial charge in [0.25, 0.3) is 0 Å². The third-order valence-corrected chi connectivity index (χ3v) is 3.73. The van der Waals surface area contributed by atoms with E-state index >= 15 is 0 Å². The third-order valence-electron chi connectivity index (χ3n) is 2.88. The minimum Gasteiger partial charge on any atom is -0.508 e. The summed E-state index contributed by atoms with van der Waals surface area (Å²) in [5, 5.41) is 12.2. The Morgan fingerprint density at radius 3 is 2.63 bits per heavy atom. The maximum Gasteiger partial charge on any atom is 0.142 e. The maximum absolute atomic E-state index is 9.30. The lowest BCUT2D eigenvalue weighted by Gasteiger charge is -1.99. The summed E-state index contributed by atoms with van der Waals surface area (Å²) in [7, 11) is 0. The van der Waals surface area contributed by atoms with Crippen molar-refractivity contribution >= 4 is 11.3 Å². The van der Waals surface area contributed by atoms with Crippen LogP contribution in [0.2, 0.25) is 0 Å². The normalized spacial score (nSPS) is 10.6. The van der Waals surface area contributed by atoms with E-state index in [4.69, 9.17) is 0 Å². The zero-order valence-electron chi connectivity index (χ0n) is 10.4. The molecule has 0 spiro atoms. The average Bonchev–Trinajstić information content (AvgIpc) is 2.89. The van der Waals surface area contributed by atoms with Crippen molar-refractivity contribution in [2.75, 3.05) is 0 Å². The highest BCUT2D eigenvalue weighted by Gasteiger charge is 2.09. The van der Waals surface area contributed by atoms with Crippen molar-refractivity contribution in [3.63, 3.8) is 0 Å². The quantitative estimate of drug-likeness (QED) is 0.767. The SMILES string of the molecule is Cc1cccnc1-c1nc(-c2ccc(O)cc2)cs1. The molecule has 1 N–H and O–H groups in total. The molecule has 3 aromatic rings. The van der Waals surface area contributed by atoms with Gasteiger partial charge in [0.1, 0.15) is 16.5 Å². The van der Waals surface area contributed by atoms with Gasteiger partial charge in [-0.2, -0.15) is 0 Å². The molecule has 0 aliphatic carbocycles. The second kappa shape index (κ2) is 4.82. The number of rotatable bonds is 2. The Hall–Kier alpha value is -2.20. The van der Waals surface area contributed by atoms with Crippen LogP contribution in [0.25, 0.3) is 22.0 Å². The third kappa shape index (κ3) is 2.35. The van der Waals surface area contributed by atoms with Gasteiger partial charge in [0, 0.05) is 17.1 Å². The molecular weight excluding hydrogens is 256 g/mol. The summed E-state index contributed by atoms with van der Waals surface area (Å²) in [6.07, 6.45) is 1.78. The van der Waals surface area contributed by atoms with Crippen LogP contribution in [0.4, 0.5) is 0 Å². The van der Waals surface area contributed by atoms with E-state index in [9.17, 15) is 5.11 Å². The highest BCUT2D eigenvalue weighted by Crippen LogP contribution is 2.29. The van der Waals surface area contributed by atoms with E-state index in [2.05, 4.69) is 9.97 Å². The molecule has 0 aliphatic rings. The van der Waals surface area contributed by atoms with Crippen LogP contribution in [0.3, 0.4) is 0 Å². The molecule has 0 bridgehead atoms. The number of benzene rings is 1. The number of aromatic hydroxyl groups is 1. The Morgan fingerprint density at radius 2 is 1.89 bits per heavy atom. The average molecular weight is 268 g/mol. The van der Waals surface area contributed by atoms with Crippen molar-refractivity contribution in [2.45, 2.75) is 6.92 Å². The molecule has 0 radical (unpaired) electrons. The molecule has 3 rings (SSSR count). The zero-order valence-corrected chi connectivity index (χ0v) is 11.2. The number of pyridine rings is 1. The number of thiazole rings is 1. The first kappa shape index (κ1) is 11.9. The van der Waals surface area contributed by atoms with E-state index in [1.807, 2.05) is 36.6 Å². The first-order valence-electron chi connectivity index (χ1n) is 5.91. The standard InChI is InChI=1S/C15H12N2OS/c1-10-3-2-8-16-14(10)15-17-13(9-19-15)11-4-6-12(18)7-5-11/h2-9,18H,1H3. The van der Waals surface area contributed by atoms with Crippen LogP contribution in [0.15, 0.2) is 48.0 Å². The molecule has 0 unspecified atom stereocenters. The monoisotopic (exact) mass is 268 g/mol. The summed E-state index contributed by atoms with van der Waals surface area (Å²) in [4.78, 5) is 8.99. The van der Waals surface area contributed by atoms with Gasteiger partial charge in [0.05, 0.1) is 5.69 Å². The molecule has 2 aromatic heterocycles. The number of phenols is 1. The van der Waals surface area contributed by atoms with E-state index in [0.29, 0.717) is 0 Å². The second-order valence-electron chi connectivity index (χ2n) is 4.25. The largest absolute Gasteiger partial charge is 0.508 e. The lowest BCUT2D eigenvalue weighted by Crippen LogP contribution is -1.86.